The van der Waals surface area contributed by atoms with E-state index in [1.807, 2.05) is 30.3 Å². The molecule has 0 spiro atoms. The first-order valence-electron chi connectivity index (χ1n) is 6.46. The van der Waals surface area contributed by atoms with E-state index in [0.29, 0.717) is 6.61 Å². The number of esters is 1. The Kier molecular flexibility index (Phi) is 7.12. The van der Waals surface area contributed by atoms with Crippen molar-refractivity contribution in [2.24, 2.45) is 0 Å². The van der Waals surface area contributed by atoms with Crippen LogP contribution in [0.5, 0.6) is 0 Å². The lowest BCUT2D eigenvalue weighted by molar-refractivity contribution is -0.142. The summed E-state index contributed by atoms with van der Waals surface area (Å²) in [6.45, 7) is 1.78. The molecule has 0 amide bonds. The third-order valence-corrected chi connectivity index (χ3v) is 2.78. The summed E-state index contributed by atoms with van der Waals surface area (Å²) in [6, 6.07) is 9.60. The average molecular weight is 234 g/mol. The van der Waals surface area contributed by atoms with Gasteiger partial charge in [0.2, 0.25) is 0 Å². The highest BCUT2D eigenvalue weighted by atomic mass is 16.5. The van der Waals surface area contributed by atoms with Crippen LogP contribution in [0.1, 0.15) is 51.0 Å². The van der Waals surface area contributed by atoms with Gasteiger partial charge in [0.05, 0.1) is 0 Å². The van der Waals surface area contributed by atoms with Gasteiger partial charge < -0.3 is 4.74 Å². The molecule has 0 bridgehead atoms. The molecule has 2 rings (SSSR count). The van der Waals surface area contributed by atoms with Crippen LogP contribution >= 0.6 is 0 Å². The Hall–Kier alpha value is -1.31. The summed E-state index contributed by atoms with van der Waals surface area (Å²) in [5.74, 6) is -0.242. The van der Waals surface area contributed by atoms with E-state index < -0.39 is 0 Å². The molecule has 0 saturated heterocycles. The first-order chi connectivity index (χ1) is 8.29. The zero-order valence-electron chi connectivity index (χ0n) is 10.7. The second-order valence-electron chi connectivity index (χ2n) is 4.39. The zero-order chi connectivity index (χ0) is 12.3. The molecule has 0 radical (unpaired) electrons. The fourth-order valence-electron chi connectivity index (χ4n) is 1.82. The van der Waals surface area contributed by atoms with Gasteiger partial charge in [-0.15, -0.1) is 0 Å². The average Bonchev–Trinajstić information content (AvgIpc) is 2.40. The minimum absolute atomic E-state index is 0.242. The number of hydrogen-bond donors (Lipinski definition) is 0. The number of rotatable bonds is 2. The molecule has 0 atom stereocenters. The maximum absolute atomic E-state index is 10.4. The smallest absolute Gasteiger partial charge is 0.302 e. The van der Waals surface area contributed by atoms with Crippen molar-refractivity contribution in [2.75, 3.05) is 0 Å². The molecule has 0 heterocycles. The number of carbonyl (C=O) groups excluding carboxylic acids is 1. The van der Waals surface area contributed by atoms with Gasteiger partial charge in [0, 0.05) is 6.92 Å². The summed E-state index contributed by atoms with van der Waals surface area (Å²) in [5.41, 5.74) is 1.02. The van der Waals surface area contributed by atoms with Gasteiger partial charge in [0.15, 0.2) is 0 Å². The number of hydrogen-bond acceptors (Lipinski definition) is 2. The molecule has 2 heteroatoms. The van der Waals surface area contributed by atoms with Crippen LogP contribution in [0.15, 0.2) is 30.3 Å². The van der Waals surface area contributed by atoms with Crippen molar-refractivity contribution < 1.29 is 9.53 Å². The van der Waals surface area contributed by atoms with E-state index in [1.165, 1.54) is 45.4 Å². The molecule has 1 aromatic carbocycles. The van der Waals surface area contributed by atoms with Gasteiger partial charge in [0.25, 0.3) is 0 Å². The van der Waals surface area contributed by atoms with Gasteiger partial charge in [-0.1, -0.05) is 68.9 Å². The molecule has 17 heavy (non-hydrogen) atoms. The number of ether oxygens (including phenoxy) is 1. The Morgan fingerprint density at radius 3 is 1.88 bits per heavy atom. The number of carbonyl (C=O) groups is 1. The van der Waals surface area contributed by atoms with E-state index in [-0.39, 0.29) is 5.97 Å². The van der Waals surface area contributed by atoms with Gasteiger partial charge in [-0.2, -0.15) is 0 Å². The van der Waals surface area contributed by atoms with Crippen LogP contribution in [0, 0.1) is 0 Å². The van der Waals surface area contributed by atoms with E-state index in [1.54, 1.807) is 0 Å². The van der Waals surface area contributed by atoms with Crippen molar-refractivity contribution in [2.45, 2.75) is 52.1 Å². The molecular weight excluding hydrogens is 212 g/mol. The summed E-state index contributed by atoms with van der Waals surface area (Å²) in [6.07, 6.45) is 9.00. The highest BCUT2D eigenvalue weighted by Crippen LogP contribution is 2.15. The lowest BCUT2D eigenvalue weighted by atomic mass is 10.0. The molecule has 94 valence electrons. The van der Waals surface area contributed by atoms with Gasteiger partial charge in [0.1, 0.15) is 6.61 Å². The van der Waals surface area contributed by atoms with Gasteiger partial charge in [-0.3, -0.25) is 4.79 Å². The number of benzene rings is 1. The third kappa shape index (κ3) is 7.56. The molecule has 0 unspecified atom stereocenters. The third-order valence-electron chi connectivity index (χ3n) is 2.78. The molecule has 2 nitrogen and oxygen atoms in total. The standard InChI is InChI=1S/C9H10O2.C6H12/c1-8(10)11-7-9-5-3-2-4-6-9;1-2-4-6-5-3-1/h2-6H,7H2,1H3;1-6H2. The Morgan fingerprint density at radius 2 is 1.47 bits per heavy atom. The molecule has 1 aromatic rings. The van der Waals surface area contributed by atoms with E-state index in [9.17, 15) is 4.79 Å². The first kappa shape index (κ1) is 13.8. The monoisotopic (exact) mass is 234 g/mol. The molecule has 1 fully saturated rings. The van der Waals surface area contributed by atoms with Crippen LogP contribution in [-0.4, -0.2) is 5.97 Å². The second kappa shape index (κ2) is 8.80. The van der Waals surface area contributed by atoms with Crippen LogP contribution in [0.4, 0.5) is 0 Å². The minimum Gasteiger partial charge on any atom is -0.461 e. The first-order valence-corrected chi connectivity index (χ1v) is 6.46. The van der Waals surface area contributed by atoms with Crippen LogP contribution in [0.25, 0.3) is 0 Å². The van der Waals surface area contributed by atoms with Gasteiger partial charge in [-0.25, -0.2) is 0 Å². The van der Waals surface area contributed by atoms with E-state index >= 15 is 0 Å². The van der Waals surface area contributed by atoms with Crippen LogP contribution in [0.2, 0.25) is 0 Å². The Balaban J connectivity index is 0.000000202. The Bertz CT molecular complexity index is 290. The van der Waals surface area contributed by atoms with Crippen LogP contribution < -0.4 is 0 Å². The van der Waals surface area contributed by atoms with E-state index in [4.69, 9.17) is 4.74 Å². The molecule has 1 aliphatic carbocycles. The highest BCUT2D eigenvalue weighted by molar-refractivity contribution is 5.65. The predicted octanol–water partition coefficient (Wildman–Crippen LogP) is 4.09. The van der Waals surface area contributed by atoms with E-state index in [2.05, 4.69) is 0 Å². The molecule has 0 aliphatic heterocycles. The predicted molar refractivity (Wildman–Crippen MR) is 69.6 cm³/mol. The van der Waals surface area contributed by atoms with Crippen LogP contribution in [0.3, 0.4) is 0 Å². The second-order valence-corrected chi connectivity index (χ2v) is 4.39. The molecule has 1 saturated carbocycles. The normalized spacial score (nSPS) is 14.4. The summed E-state index contributed by atoms with van der Waals surface area (Å²) < 4.78 is 4.79. The van der Waals surface area contributed by atoms with Gasteiger partial charge >= 0.3 is 5.97 Å². The Morgan fingerprint density at radius 1 is 1.00 bits per heavy atom. The minimum atomic E-state index is -0.242. The van der Waals surface area contributed by atoms with Crippen molar-refractivity contribution in [3.05, 3.63) is 35.9 Å². The summed E-state index contributed by atoms with van der Waals surface area (Å²) in [4.78, 5) is 10.4. The fraction of sp³-hybridized carbons (Fsp3) is 0.533. The lowest BCUT2D eigenvalue weighted by Crippen LogP contribution is -1.97. The highest BCUT2D eigenvalue weighted by Gasteiger charge is 1.95. The van der Waals surface area contributed by atoms with Gasteiger partial charge in [-0.05, 0) is 5.56 Å². The van der Waals surface area contributed by atoms with Crippen LogP contribution in [-0.2, 0) is 16.1 Å². The molecule has 0 aromatic heterocycles. The maximum Gasteiger partial charge on any atom is 0.302 e. The molecular formula is C15H22O2. The maximum atomic E-state index is 10.4. The lowest BCUT2D eigenvalue weighted by Gasteiger charge is -2.05. The van der Waals surface area contributed by atoms with Crippen molar-refractivity contribution in [1.29, 1.82) is 0 Å². The molecule has 1 aliphatic rings. The molecule has 0 N–H and O–H groups in total. The van der Waals surface area contributed by atoms with Crippen molar-refractivity contribution >= 4 is 5.97 Å². The van der Waals surface area contributed by atoms with Crippen molar-refractivity contribution in [1.82, 2.24) is 0 Å². The summed E-state index contributed by atoms with van der Waals surface area (Å²) in [7, 11) is 0. The SMILES string of the molecule is C1CCCCC1.CC(=O)OCc1ccccc1. The van der Waals surface area contributed by atoms with Crippen molar-refractivity contribution in [3.8, 4) is 0 Å². The van der Waals surface area contributed by atoms with E-state index in [0.717, 1.165) is 5.56 Å². The topological polar surface area (TPSA) is 26.3 Å². The van der Waals surface area contributed by atoms with Crippen molar-refractivity contribution in [3.63, 3.8) is 0 Å². The zero-order valence-corrected chi connectivity index (χ0v) is 10.7. The quantitative estimate of drug-likeness (QED) is 0.720. The fourth-order valence-corrected chi connectivity index (χ4v) is 1.82. The summed E-state index contributed by atoms with van der Waals surface area (Å²) in [5, 5.41) is 0. The largest absolute Gasteiger partial charge is 0.461 e. The Labute approximate surface area is 104 Å². The summed E-state index contributed by atoms with van der Waals surface area (Å²) >= 11 is 0.